The number of nitrogens with two attached hydrogens (primary N) is 1. The molecule has 0 saturated carbocycles. The molecule has 0 fully saturated rings. The maximum atomic E-state index is 11.6. The van der Waals surface area contributed by atoms with E-state index in [1.54, 1.807) is 6.07 Å². The van der Waals surface area contributed by atoms with Crippen LogP contribution >= 0.6 is 23.5 Å². The lowest BCUT2D eigenvalue weighted by Gasteiger charge is -2.14. The average Bonchev–Trinajstić information content (AvgIpc) is 3.13. The second-order valence-corrected chi connectivity index (χ2v) is 8.43. The van der Waals surface area contributed by atoms with Gasteiger partial charge >= 0.3 is 7.60 Å². The van der Waals surface area contributed by atoms with Crippen molar-refractivity contribution < 1.29 is 18.8 Å². The van der Waals surface area contributed by atoms with E-state index < -0.39 is 7.60 Å². The molecule has 9 heteroatoms. The lowest BCUT2D eigenvalue weighted by Crippen LogP contribution is -2.04. The third-order valence-electron chi connectivity index (χ3n) is 3.76. The fourth-order valence-corrected chi connectivity index (χ4v) is 3.58. The molecule has 2 heterocycles. The second-order valence-electron chi connectivity index (χ2n) is 5.88. The van der Waals surface area contributed by atoms with Crippen LogP contribution in [0.3, 0.4) is 0 Å². The van der Waals surface area contributed by atoms with Gasteiger partial charge in [0.05, 0.1) is 23.0 Å². The summed E-state index contributed by atoms with van der Waals surface area (Å²) in [4.78, 5) is 26.5. The summed E-state index contributed by atoms with van der Waals surface area (Å²) in [6, 6.07) is 4.92. The summed E-state index contributed by atoms with van der Waals surface area (Å²) in [6.45, 7) is 4.15. The van der Waals surface area contributed by atoms with Gasteiger partial charge in [0.25, 0.3) is 0 Å². The van der Waals surface area contributed by atoms with Crippen LogP contribution in [-0.4, -0.2) is 19.8 Å². The number of rotatable bonds is 4. The van der Waals surface area contributed by atoms with Crippen LogP contribution in [0.1, 0.15) is 24.2 Å². The fraction of sp³-hybridized carbons (Fsp3) is 0.267. The summed E-state index contributed by atoms with van der Waals surface area (Å²) in [5.41, 5.74) is 8.73. The van der Waals surface area contributed by atoms with Gasteiger partial charge in [0.2, 0.25) is 0 Å². The van der Waals surface area contributed by atoms with E-state index in [0.29, 0.717) is 22.6 Å². The van der Waals surface area contributed by atoms with E-state index in [2.05, 4.69) is 39.7 Å². The molecule has 0 saturated heterocycles. The van der Waals surface area contributed by atoms with Crippen molar-refractivity contribution >= 4 is 45.6 Å². The molecule has 0 bridgehead atoms. The Hall–Kier alpha value is -1.60. The normalized spacial score (nSPS) is 13.8. The Morgan fingerprint density at radius 1 is 1.33 bits per heavy atom. The van der Waals surface area contributed by atoms with Crippen molar-refractivity contribution in [3.8, 4) is 11.6 Å². The van der Waals surface area contributed by atoms with E-state index in [9.17, 15) is 14.4 Å². The number of H-pyrrole nitrogens is 1. The quantitative estimate of drug-likeness (QED) is 0.295. The Labute approximate surface area is 146 Å². The summed E-state index contributed by atoms with van der Waals surface area (Å²) in [5.74, 6) is 0.572. The summed E-state index contributed by atoms with van der Waals surface area (Å²) < 4.78 is 16.9. The van der Waals surface area contributed by atoms with Crippen molar-refractivity contribution in [1.82, 2.24) is 9.97 Å². The molecule has 128 valence electrons. The van der Waals surface area contributed by atoms with Crippen LogP contribution in [0.15, 0.2) is 28.9 Å². The van der Waals surface area contributed by atoms with Crippen molar-refractivity contribution in [2.75, 3.05) is 5.73 Å². The first kappa shape index (κ1) is 17.2. The van der Waals surface area contributed by atoms with Gasteiger partial charge < -0.3 is 24.9 Å². The zero-order valence-corrected chi connectivity index (χ0v) is 15.5. The number of imidazole rings is 1. The second kappa shape index (κ2) is 6.04. The van der Waals surface area contributed by atoms with Crippen LogP contribution in [0.2, 0.25) is 0 Å². The maximum absolute atomic E-state index is 11.6. The van der Waals surface area contributed by atoms with Crippen LogP contribution < -0.4 is 11.0 Å². The molecular weight excluding hydrogens is 397 g/mol. The maximum Gasteiger partial charge on any atom is 0.360 e. The first-order chi connectivity index (χ1) is 11.2. The van der Waals surface area contributed by atoms with Crippen LogP contribution in [0.4, 0.5) is 5.69 Å². The summed E-state index contributed by atoms with van der Waals surface area (Å²) in [7, 11) is -4.47. The molecule has 0 amide bonds. The van der Waals surface area contributed by atoms with Gasteiger partial charge in [0.1, 0.15) is 5.30 Å². The highest BCUT2D eigenvalue weighted by atomic mass is 79.9. The largest absolute Gasteiger partial charge is 0.460 e. The van der Waals surface area contributed by atoms with Gasteiger partial charge in [-0.05, 0) is 23.6 Å². The van der Waals surface area contributed by atoms with Gasteiger partial charge in [0, 0.05) is 4.83 Å². The molecule has 0 aliphatic heterocycles. The number of hydrogen-bond acceptors (Lipinski definition) is 4. The standard InChI is InChI=1S/C15H17BrN3O4P/c1-7(2)11(16)8-3-4-9(17)13-12(8)18-15(19-13)14-10(5-6-23-14)24(20,21)22/h3-7,11H,17H2,1-2H3,(H,18,19)(H2,20,21,22). The number of nitrogen functional groups attached to an aromatic ring is 1. The van der Waals surface area contributed by atoms with E-state index in [0.717, 1.165) is 5.56 Å². The lowest BCUT2D eigenvalue weighted by atomic mass is 10.0. The molecule has 0 aliphatic carbocycles. The minimum atomic E-state index is -4.47. The highest BCUT2D eigenvalue weighted by molar-refractivity contribution is 9.09. The molecule has 1 aromatic carbocycles. The summed E-state index contributed by atoms with van der Waals surface area (Å²) in [6.07, 6.45) is 1.22. The molecule has 5 N–H and O–H groups in total. The number of anilines is 1. The molecule has 0 radical (unpaired) electrons. The summed E-state index contributed by atoms with van der Waals surface area (Å²) in [5, 5.41) is -0.207. The van der Waals surface area contributed by atoms with Gasteiger partial charge in [0.15, 0.2) is 11.6 Å². The number of furan rings is 1. The highest BCUT2D eigenvalue weighted by Crippen LogP contribution is 2.40. The van der Waals surface area contributed by atoms with Crippen molar-refractivity contribution in [2.24, 2.45) is 5.92 Å². The molecule has 2 aromatic heterocycles. The third-order valence-corrected chi connectivity index (χ3v) is 6.29. The minimum Gasteiger partial charge on any atom is -0.460 e. The summed E-state index contributed by atoms with van der Waals surface area (Å²) >= 11 is 3.66. The Bertz CT molecular complexity index is 943. The van der Waals surface area contributed by atoms with Crippen LogP contribution in [-0.2, 0) is 4.57 Å². The topological polar surface area (TPSA) is 125 Å². The molecule has 3 rings (SSSR count). The molecular formula is C15H17BrN3O4P. The van der Waals surface area contributed by atoms with E-state index >= 15 is 0 Å². The van der Waals surface area contributed by atoms with E-state index in [1.165, 1.54) is 12.3 Å². The first-order valence-corrected chi connectivity index (χ1v) is 9.79. The number of alkyl halides is 1. The van der Waals surface area contributed by atoms with Crippen molar-refractivity contribution in [3.05, 3.63) is 30.0 Å². The van der Waals surface area contributed by atoms with Crippen molar-refractivity contribution in [1.29, 1.82) is 0 Å². The lowest BCUT2D eigenvalue weighted by molar-refractivity contribution is 0.387. The van der Waals surface area contributed by atoms with Crippen LogP contribution in [0, 0.1) is 5.92 Å². The van der Waals surface area contributed by atoms with Gasteiger partial charge in [-0.25, -0.2) is 4.98 Å². The number of nitrogens with zero attached hydrogens (tertiary/aromatic N) is 1. The number of aromatic nitrogens is 2. The van der Waals surface area contributed by atoms with E-state index in [1.807, 2.05) is 6.07 Å². The van der Waals surface area contributed by atoms with Gasteiger partial charge in [-0.1, -0.05) is 35.8 Å². The zero-order valence-electron chi connectivity index (χ0n) is 13.0. The fourth-order valence-electron chi connectivity index (χ4n) is 2.53. The van der Waals surface area contributed by atoms with E-state index in [4.69, 9.17) is 10.2 Å². The Morgan fingerprint density at radius 3 is 2.67 bits per heavy atom. The number of halogens is 1. The highest BCUT2D eigenvalue weighted by Gasteiger charge is 2.28. The zero-order chi connectivity index (χ0) is 17.6. The molecule has 24 heavy (non-hydrogen) atoms. The number of fused-ring (bicyclic) bond motifs is 1. The smallest absolute Gasteiger partial charge is 0.360 e. The van der Waals surface area contributed by atoms with Crippen molar-refractivity contribution in [2.45, 2.75) is 18.7 Å². The Kier molecular flexibility index (Phi) is 4.34. The predicted octanol–water partition coefficient (Wildman–Crippen LogP) is 3.30. The molecule has 0 spiro atoms. The van der Waals surface area contributed by atoms with Crippen LogP contribution in [0.25, 0.3) is 22.6 Å². The Morgan fingerprint density at radius 2 is 2.04 bits per heavy atom. The number of nitrogens with one attached hydrogen (secondary N) is 1. The predicted molar refractivity (Wildman–Crippen MR) is 96.4 cm³/mol. The number of benzene rings is 1. The monoisotopic (exact) mass is 413 g/mol. The third kappa shape index (κ3) is 2.91. The molecule has 0 aliphatic rings. The SMILES string of the molecule is CC(C)C(Br)c1ccc(N)c2[nH]c(-c3occc3P(=O)(O)O)nc12. The van der Waals surface area contributed by atoms with Crippen molar-refractivity contribution in [3.63, 3.8) is 0 Å². The molecule has 7 nitrogen and oxygen atoms in total. The molecule has 1 atom stereocenters. The molecule has 1 unspecified atom stereocenters. The Balaban J connectivity index is 2.23. The average molecular weight is 414 g/mol. The van der Waals surface area contributed by atoms with Crippen LogP contribution in [0.5, 0.6) is 0 Å². The van der Waals surface area contributed by atoms with Gasteiger partial charge in [-0.2, -0.15) is 0 Å². The van der Waals surface area contributed by atoms with Gasteiger partial charge in [-0.15, -0.1) is 0 Å². The van der Waals surface area contributed by atoms with Gasteiger partial charge in [-0.3, -0.25) is 4.57 Å². The molecule has 3 aromatic rings. The number of aromatic amines is 1. The van der Waals surface area contributed by atoms with E-state index in [-0.39, 0.29) is 21.7 Å². The first-order valence-electron chi connectivity index (χ1n) is 7.26. The number of hydrogen-bond donors (Lipinski definition) is 4. The minimum absolute atomic E-state index is 0.0144.